The van der Waals surface area contributed by atoms with Crippen molar-refractivity contribution in [2.75, 3.05) is 32.8 Å². The second-order valence-corrected chi connectivity index (χ2v) is 6.06. The van der Waals surface area contributed by atoms with Crippen LogP contribution >= 0.6 is 0 Å². The minimum absolute atomic E-state index is 0.148. The summed E-state index contributed by atoms with van der Waals surface area (Å²) in [5.74, 6) is 1.03. The van der Waals surface area contributed by atoms with Gasteiger partial charge >= 0.3 is 0 Å². The molecule has 2 rings (SSSR count). The summed E-state index contributed by atoms with van der Waals surface area (Å²) in [6, 6.07) is 12.4. The van der Waals surface area contributed by atoms with Gasteiger partial charge in [0.25, 0.3) is 0 Å². The van der Waals surface area contributed by atoms with Crippen LogP contribution < -0.4 is 20.1 Å². The third-order valence-corrected chi connectivity index (χ3v) is 4.00. The zero-order chi connectivity index (χ0) is 19.3. The second-order valence-electron chi connectivity index (χ2n) is 6.06. The molecule has 0 aromatic heterocycles. The predicted octanol–water partition coefficient (Wildman–Crippen LogP) is 2.87. The quantitative estimate of drug-likeness (QED) is 0.469. The highest BCUT2D eigenvalue weighted by Crippen LogP contribution is 2.32. The number of benzene rings is 2. The molecular weight excluding hydrogens is 347 g/mol. The van der Waals surface area contributed by atoms with Gasteiger partial charge in [-0.1, -0.05) is 30.3 Å². The molecule has 0 heterocycles. The predicted molar refractivity (Wildman–Crippen MR) is 105 cm³/mol. The summed E-state index contributed by atoms with van der Waals surface area (Å²) >= 11 is 0. The molecule has 2 aromatic rings. The number of ether oxygens (including phenoxy) is 2. The minimum atomic E-state index is -0.276. The molecule has 0 bridgehead atoms. The van der Waals surface area contributed by atoms with Crippen LogP contribution in [0.4, 0.5) is 4.39 Å². The van der Waals surface area contributed by atoms with Gasteiger partial charge in [0.15, 0.2) is 11.5 Å². The van der Waals surface area contributed by atoms with E-state index in [1.807, 2.05) is 25.1 Å². The first-order chi connectivity index (χ1) is 13.3. The van der Waals surface area contributed by atoms with Gasteiger partial charge in [-0.2, -0.15) is 0 Å². The Bertz CT molecular complexity index is 682. The summed E-state index contributed by atoms with van der Waals surface area (Å²) in [6.07, 6.45) is 0.955. The first-order valence-corrected chi connectivity index (χ1v) is 9.39. The molecule has 0 fully saturated rings. The fourth-order valence-electron chi connectivity index (χ4n) is 2.66. The third-order valence-electron chi connectivity index (χ3n) is 4.00. The Hall–Kier alpha value is -2.15. The molecular formula is C21H29FN2O3. The molecule has 0 radical (unpaired) electrons. The lowest BCUT2D eigenvalue weighted by atomic mass is 10.1. The molecule has 0 aliphatic heterocycles. The summed E-state index contributed by atoms with van der Waals surface area (Å²) in [4.78, 5) is 0. The summed E-state index contributed by atoms with van der Waals surface area (Å²) in [7, 11) is 0. The van der Waals surface area contributed by atoms with Crippen molar-refractivity contribution in [3.8, 4) is 11.5 Å². The van der Waals surface area contributed by atoms with Crippen molar-refractivity contribution in [3.63, 3.8) is 0 Å². The third kappa shape index (κ3) is 7.17. The van der Waals surface area contributed by atoms with E-state index < -0.39 is 0 Å². The van der Waals surface area contributed by atoms with Crippen LogP contribution in [-0.4, -0.2) is 38.0 Å². The van der Waals surface area contributed by atoms with E-state index in [0.29, 0.717) is 36.8 Å². The van der Waals surface area contributed by atoms with Crippen LogP contribution in [0.2, 0.25) is 0 Å². The molecule has 3 N–H and O–H groups in total. The van der Waals surface area contributed by atoms with E-state index in [1.54, 1.807) is 18.2 Å². The highest BCUT2D eigenvalue weighted by atomic mass is 19.1. The maximum Gasteiger partial charge on any atom is 0.166 e. The Balaban J connectivity index is 1.97. The van der Waals surface area contributed by atoms with Gasteiger partial charge in [-0.25, -0.2) is 4.39 Å². The van der Waals surface area contributed by atoms with Gasteiger partial charge in [-0.15, -0.1) is 0 Å². The summed E-state index contributed by atoms with van der Waals surface area (Å²) in [5, 5.41) is 15.3. The van der Waals surface area contributed by atoms with Gasteiger partial charge in [-0.05, 0) is 38.6 Å². The lowest BCUT2D eigenvalue weighted by Crippen LogP contribution is -2.24. The van der Waals surface area contributed by atoms with Crippen molar-refractivity contribution < 1.29 is 19.0 Å². The average Bonchev–Trinajstić information content (AvgIpc) is 2.68. The normalized spacial score (nSPS) is 10.8. The first-order valence-electron chi connectivity index (χ1n) is 9.39. The zero-order valence-electron chi connectivity index (χ0n) is 15.8. The van der Waals surface area contributed by atoms with Gasteiger partial charge in [0, 0.05) is 24.2 Å². The monoisotopic (exact) mass is 376 g/mol. The maximum absolute atomic E-state index is 13.9. The highest BCUT2D eigenvalue weighted by molar-refractivity contribution is 5.46. The molecule has 0 unspecified atom stereocenters. The highest BCUT2D eigenvalue weighted by Gasteiger charge is 2.12. The average molecular weight is 376 g/mol. The molecule has 0 atom stereocenters. The Labute approximate surface area is 160 Å². The summed E-state index contributed by atoms with van der Waals surface area (Å²) < 4.78 is 25.5. The van der Waals surface area contributed by atoms with Crippen LogP contribution in [0.5, 0.6) is 11.5 Å². The smallest absolute Gasteiger partial charge is 0.166 e. The number of halogens is 1. The van der Waals surface area contributed by atoms with Gasteiger partial charge in [-0.3, -0.25) is 0 Å². The maximum atomic E-state index is 13.9. The molecule has 0 saturated heterocycles. The van der Waals surface area contributed by atoms with E-state index in [4.69, 9.17) is 14.6 Å². The Kier molecular flexibility index (Phi) is 9.62. The molecule has 0 spiro atoms. The van der Waals surface area contributed by atoms with Crippen LogP contribution in [0, 0.1) is 5.82 Å². The lowest BCUT2D eigenvalue weighted by molar-refractivity contribution is 0.262. The van der Waals surface area contributed by atoms with Crippen LogP contribution in [0.25, 0.3) is 0 Å². The molecule has 0 aliphatic carbocycles. The SMILES string of the molecule is CCOc1cccc(CNCCCNCCO)c1OCc1ccccc1F. The van der Waals surface area contributed by atoms with E-state index in [-0.39, 0.29) is 19.0 Å². The Morgan fingerprint density at radius 1 is 0.926 bits per heavy atom. The number of aliphatic hydroxyl groups excluding tert-OH is 1. The van der Waals surface area contributed by atoms with E-state index in [2.05, 4.69) is 10.6 Å². The van der Waals surface area contributed by atoms with Crippen LogP contribution in [0.1, 0.15) is 24.5 Å². The number of hydrogen-bond acceptors (Lipinski definition) is 5. The number of nitrogens with one attached hydrogen (secondary N) is 2. The van der Waals surface area contributed by atoms with Crippen molar-refractivity contribution in [1.82, 2.24) is 10.6 Å². The van der Waals surface area contributed by atoms with Crippen LogP contribution in [-0.2, 0) is 13.2 Å². The number of hydrogen-bond donors (Lipinski definition) is 3. The molecule has 6 heteroatoms. The summed E-state index contributed by atoms with van der Waals surface area (Å²) in [6.45, 7) is 5.69. The number of rotatable bonds is 13. The number of aliphatic hydroxyl groups is 1. The van der Waals surface area contributed by atoms with Gasteiger partial charge in [0.1, 0.15) is 12.4 Å². The fraction of sp³-hybridized carbons (Fsp3) is 0.429. The van der Waals surface area contributed by atoms with Crippen molar-refractivity contribution >= 4 is 0 Å². The van der Waals surface area contributed by atoms with Crippen molar-refractivity contribution in [2.24, 2.45) is 0 Å². The van der Waals surface area contributed by atoms with E-state index in [0.717, 1.165) is 25.1 Å². The van der Waals surface area contributed by atoms with Crippen molar-refractivity contribution in [1.29, 1.82) is 0 Å². The zero-order valence-corrected chi connectivity index (χ0v) is 15.8. The molecule has 27 heavy (non-hydrogen) atoms. The molecule has 148 valence electrons. The summed E-state index contributed by atoms with van der Waals surface area (Å²) in [5.41, 5.74) is 1.48. The first kappa shape index (κ1) is 21.2. The van der Waals surface area contributed by atoms with Crippen molar-refractivity contribution in [2.45, 2.75) is 26.5 Å². The van der Waals surface area contributed by atoms with Crippen LogP contribution in [0.15, 0.2) is 42.5 Å². The Morgan fingerprint density at radius 2 is 1.70 bits per heavy atom. The van der Waals surface area contributed by atoms with Gasteiger partial charge in [0.2, 0.25) is 0 Å². The fourth-order valence-corrected chi connectivity index (χ4v) is 2.66. The largest absolute Gasteiger partial charge is 0.490 e. The molecule has 0 aliphatic rings. The van der Waals surface area contributed by atoms with Gasteiger partial charge in [0.05, 0.1) is 13.2 Å². The minimum Gasteiger partial charge on any atom is -0.490 e. The standard InChI is InChI=1S/C21H29FN2O3/c1-2-26-20-10-5-8-17(15-24-12-6-11-23-13-14-25)21(20)27-16-18-7-3-4-9-19(18)22/h3-5,7-10,23-25H,2,6,11-16H2,1H3. The lowest BCUT2D eigenvalue weighted by Gasteiger charge is -2.17. The van der Waals surface area contributed by atoms with E-state index in [9.17, 15) is 4.39 Å². The molecule has 0 saturated carbocycles. The van der Waals surface area contributed by atoms with Gasteiger partial charge < -0.3 is 25.2 Å². The van der Waals surface area contributed by atoms with E-state index in [1.165, 1.54) is 6.07 Å². The Morgan fingerprint density at radius 3 is 2.48 bits per heavy atom. The molecule has 0 amide bonds. The van der Waals surface area contributed by atoms with E-state index >= 15 is 0 Å². The molecule has 2 aromatic carbocycles. The number of para-hydroxylation sites is 1. The van der Waals surface area contributed by atoms with Crippen LogP contribution in [0.3, 0.4) is 0 Å². The van der Waals surface area contributed by atoms with Crippen molar-refractivity contribution in [3.05, 3.63) is 59.4 Å². The molecule has 5 nitrogen and oxygen atoms in total. The topological polar surface area (TPSA) is 62.8 Å². The second kappa shape index (κ2) is 12.3.